The Hall–Kier alpha value is -2.37. The van der Waals surface area contributed by atoms with Crippen LogP contribution in [0.4, 0.5) is 5.82 Å². The lowest BCUT2D eigenvalue weighted by Gasteiger charge is -2.21. The zero-order chi connectivity index (χ0) is 22.1. The number of aromatic nitrogens is 2. The molecule has 1 fully saturated rings. The van der Waals surface area contributed by atoms with Gasteiger partial charge in [-0.1, -0.05) is 55.1 Å². The third kappa shape index (κ3) is 4.41. The van der Waals surface area contributed by atoms with Crippen molar-refractivity contribution in [1.29, 1.82) is 0 Å². The number of hydrogen-bond donors (Lipinski definition) is 1. The second-order valence-electron chi connectivity index (χ2n) is 8.83. The fraction of sp³-hybridized carbons (Fsp3) is 0.385. The summed E-state index contributed by atoms with van der Waals surface area (Å²) in [5.74, 6) is 3.09. The number of hydrogen-bond acceptors (Lipinski definition) is 5. The summed E-state index contributed by atoms with van der Waals surface area (Å²) in [6.45, 7) is 4.64. The maximum Gasteiger partial charge on any atom is 0.139 e. The molecule has 1 aliphatic carbocycles. The van der Waals surface area contributed by atoms with Crippen molar-refractivity contribution in [2.45, 2.75) is 64.5 Å². The summed E-state index contributed by atoms with van der Waals surface area (Å²) in [5.41, 5.74) is 1.09. The molecule has 0 radical (unpaired) electrons. The smallest absolute Gasteiger partial charge is 0.139 e. The summed E-state index contributed by atoms with van der Waals surface area (Å²) < 4.78 is 7.02. The maximum absolute atomic E-state index is 6.46. The number of anilines is 1. The molecule has 0 bridgehead atoms. The van der Waals surface area contributed by atoms with E-state index in [1.165, 1.54) is 42.2 Å². The lowest BCUT2D eigenvalue weighted by atomic mass is 9.88. The second-order valence-corrected chi connectivity index (χ2v) is 10.3. The molecule has 0 amide bonds. The van der Waals surface area contributed by atoms with Crippen LogP contribution in [0.3, 0.4) is 0 Å². The molecule has 0 saturated heterocycles. The van der Waals surface area contributed by atoms with Gasteiger partial charge in [0.15, 0.2) is 0 Å². The molecule has 0 unspecified atom stereocenters. The SMILES string of the molecule is CC(C)Oc1ccc(CNc2nc(C3CCCCC3)nc3sc4ccccc4c23)cc1Cl. The Bertz CT molecular complexity index is 1250. The maximum atomic E-state index is 6.46. The lowest BCUT2D eigenvalue weighted by Crippen LogP contribution is -2.11. The monoisotopic (exact) mass is 465 g/mol. The minimum Gasteiger partial charge on any atom is -0.489 e. The summed E-state index contributed by atoms with van der Waals surface area (Å²) in [5, 5.41) is 6.57. The van der Waals surface area contributed by atoms with E-state index < -0.39 is 0 Å². The summed E-state index contributed by atoms with van der Waals surface area (Å²) in [6, 6.07) is 14.5. The van der Waals surface area contributed by atoms with Crippen molar-refractivity contribution >= 4 is 49.1 Å². The number of thiophene rings is 1. The third-order valence-electron chi connectivity index (χ3n) is 6.05. The number of benzene rings is 2. The molecular weight excluding hydrogens is 438 g/mol. The molecule has 6 heteroatoms. The molecule has 1 N–H and O–H groups in total. The van der Waals surface area contributed by atoms with Gasteiger partial charge < -0.3 is 10.1 Å². The predicted octanol–water partition coefficient (Wildman–Crippen LogP) is 7.94. The van der Waals surface area contributed by atoms with Gasteiger partial charge in [-0.05, 0) is 50.5 Å². The molecule has 2 aromatic heterocycles. The van der Waals surface area contributed by atoms with Gasteiger partial charge in [0.25, 0.3) is 0 Å². The fourth-order valence-corrected chi connectivity index (χ4v) is 5.83. The molecule has 4 nitrogen and oxygen atoms in total. The van der Waals surface area contributed by atoms with Crippen molar-refractivity contribution in [3.8, 4) is 5.75 Å². The predicted molar refractivity (Wildman–Crippen MR) is 135 cm³/mol. The molecule has 4 aromatic rings. The van der Waals surface area contributed by atoms with Crippen molar-refractivity contribution in [1.82, 2.24) is 9.97 Å². The van der Waals surface area contributed by atoms with Crippen LogP contribution in [0.15, 0.2) is 42.5 Å². The van der Waals surface area contributed by atoms with Gasteiger partial charge in [-0.15, -0.1) is 11.3 Å². The van der Waals surface area contributed by atoms with Gasteiger partial charge in [-0.25, -0.2) is 9.97 Å². The molecule has 32 heavy (non-hydrogen) atoms. The first-order valence-corrected chi connectivity index (χ1v) is 12.7. The molecule has 1 aliphatic rings. The van der Waals surface area contributed by atoms with Crippen LogP contribution in [-0.4, -0.2) is 16.1 Å². The van der Waals surface area contributed by atoms with Crippen LogP contribution >= 0.6 is 22.9 Å². The summed E-state index contributed by atoms with van der Waals surface area (Å²) in [6.07, 6.45) is 6.32. The Morgan fingerprint density at radius 1 is 1.09 bits per heavy atom. The fourth-order valence-electron chi connectivity index (χ4n) is 4.50. The van der Waals surface area contributed by atoms with Crippen molar-refractivity contribution < 1.29 is 4.74 Å². The minimum atomic E-state index is 0.0934. The van der Waals surface area contributed by atoms with E-state index in [1.54, 1.807) is 11.3 Å². The molecule has 2 aromatic carbocycles. The van der Waals surface area contributed by atoms with Crippen LogP contribution in [0.2, 0.25) is 5.02 Å². The third-order valence-corrected chi connectivity index (χ3v) is 7.41. The molecule has 5 rings (SSSR count). The highest BCUT2D eigenvalue weighted by Gasteiger charge is 2.22. The first kappa shape index (κ1) is 21.5. The quantitative estimate of drug-likeness (QED) is 0.314. The molecule has 0 aliphatic heterocycles. The highest BCUT2D eigenvalue weighted by Crippen LogP contribution is 2.39. The van der Waals surface area contributed by atoms with E-state index in [1.807, 2.05) is 26.0 Å². The van der Waals surface area contributed by atoms with E-state index in [0.29, 0.717) is 17.5 Å². The standard InChI is InChI=1S/C26H28ClN3OS/c1-16(2)31-21-13-12-17(14-20(21)27)15-28-25-23-19-10-6-7-11-22(19)32-26(23)30-24(29-25)18-8-4-3-5-9-18/h6-7,10-14,16,18H,3-5,8-9,15H2,1-2H3,(H,28,29,30). The van der Waals surface area contributed by atoms with Crippen LogP contribution in [0.1, 0.15) is 63.3 Å². The Morgan fingerprint density at radius 2 is 1.91 bits per heavy atom. The highest BCUT2D eigenvalue weighted by molar-refractivity contribution is 7.25. The minimum absolute atomic E-state index is 0.0934. The summed E-state index contributed by atoms with van der Waals surface area (Å²) in [4.78, 5) is 11.2. The van der Waals surface area contributed by atoms with E-state index in [2.05, 4.69) is 35.6 Å². The van der Waals surface area contributed by atoms with Crippen molar-refractivity contribution in [3.05, 3.63) is 58.9 Å². The van der Waals surface area contributed by atoms with E-state index >= 15 is 0 Å². The normalized spacial score (nSPS) is 15.0. The summed E-state index contributed by atoms with van der Waals surface area (Å²) in [7, 11) is 0. The largest absolute Gasteiger partial charge is 0.489 e. The van der Waals surface area contributed by atoms with Gasteiger partial charge in [0.05, 0.1) is 16.5 Å². The molecular formula is C26H28ClN3OS. The molecule has 1 saturated carbocycles. The molecule has 0 spiro atoms. The Morgan fingerprint density at radius 3 is 2.69 bits per heavy atom. The first-order valence-electron chi connectivity index (χ1n) is 11.5. The van der Waals surface area contributed by atoms with Crippen LogP contribution in [0.25, 0.3) is 20.3 Å². The van der Waals surface area contributed by atoms with Crippen molar-refractivity contribution in [3.63, 3.8) is 0 Å². The number of nitrogens with one attached hydrogen (secondary N) is 1. The number of rotatable bonds is 6. The zero-order valence-corrected chi connectivity index (χ0v) is 20.1. The van der Waals surface area contributed by atoms with Gasteiger partial charge in [0.2, 0.25) is 0 Å². The zero-order valence-electron chi connectivity index (χ0n) is 18.5. The average molecular weight is 466 g/mol. The Balaban J connectivity index is 1.49. The van der Waals surface area contributed by atoms with E-state index in [-0.39, 0.29) is 6.10 Å². The molecule has 2 heterocycles. The molecule has 0 atom stereocenters. The van der Waals surface area contributed by atoms with Gasteiger partial charge in [-0.3, -0.25) is 0 Å². The topological polar surface area (TPSA) is 47.0 Å². The Labute approximate surface area is 198 Å². The van der Waals surface area contributed by atoms with Crippen LogP contribution in [-0.2, 0) is 6.54 Å². The second kappa shape index (κ2) is 9.24. The van der Waals surface area contributed by atoms with Crippen LogP contribution in [0, 0.1) is 0 Å². The van der Waals surface area contributed by atoms with Crippen molar-refractivity contribution in [2.24, 2.45) is 0 Å². The van der Waals surface area contributed by atoms with Crippen LogP contribution < -0.4 is 10.1 Å². The average Bonchev–Trinajstić information content (AvgIpc) is 3.18. The van der Waals surface area contributed by atoms with Crippen molar-refractivity contribution in [2.75, 3.05) is 5.32 Å². The lowest BCUT2D eigenvalue weighted by molar-refractivity contribution is 0.242. The van der Waals surface area contributed by atoms with Gasteiger partial charge >= 0.3 is 0 Å². The number of fused-ring (bicyclic) bond motifs is 3. The number of nitrogens with zero attached hydrogens (tertiary/aromatic N) is 2. The number of ether oxygens (including phenoxy) is 1. The summed E-state index contributed by atoms with van der Waals surface area (Å²) >= 11 is 8.22. The van der Waals surface area contributed by atoms with Gasteiger partial charge in [0.1, 0.15) is 22.2 Å². The van der Waals surface area contributed by atoms with Crippen LogP contribution in [0.5, 0.6) is 5.75 Å². The first-order chi connectivity index (χ1) is 15.6. The van der Waals surface area contributed by atoms with E-state index in [4.69, 9.17) is 26.3 Å². The molecule has 166 valence electrons. The Kier molecular flexibility index (Phi) is 6.20. The van der Waals surface area contributed by atoms with E-state index in [0.717, 1.165) is 33.2 Å². The van der Waals surface area contributed by atoms with E-state index in [9.17, 15) is 0 Å². The highest BCUT2D eigenvalue weighted by atomic mass is 35.5. The van der Waals surface area contributed by atoms with Gasteiger partial charge in [0, 0.05) is 22.5 Å². The number of halogens is 1. The van der Waals surface area contributed by atoms with Gasteiger partial charge in [-0.2, -0.15) is 0 Å².